The number of cyclic esters (lactones) is 1. The molecule has 35 nitrogen and oxygen atoms in total. The number of esters is 1. The van der Waals surface area contributed by atoms with Gasteiger partial charge in [0.1, 0.15) is 88.9 Å². The summed E-state index contributed by atoms with van der Waals surface area (Å²) in [6.07, 6.45) is 0.367. The second-order valence-electron chi connectivity index (χ2n) is 27.8. The highest BCUT2D eigenvalue weighted by molar-refractivity contribution is 7.12. The number of fused-ring (bicyclic) bond motifs is 9. The lowest BCUT2D eigenvalue weighted by Crippen LogP contribution is -2.55. The van der Waals surface area contributed by atoms with Crippen LogP contribution in [0.3, 0.4) is 0 Å². The number of ether oxygens (including phenoxy) is 1. The fraction of sp³-hybridized carbons (Fsp3) is 0.419. The second kappa shape index (κ2) is 37.7. The lowest BCUT2D eigenvalue weighted by atomic mass is 9.89. The highest BCUT2D eigenvalue weighted by Gasteiger charge is 2.44. The van der Waals surface area contributed by atoms with Gasteiger partial charge >= 0.3 is 5.97 Å². The fourth-order valence-electron chi connectivity index (χ4n) is 11.9. The summed E-state index contributed by atoms with van der Waals surface area (Å²) in [5.41, 5.74) is 1.29. The Morgan fingerprint density at radius 2 is 1.50 bits per heavy atom. The van der Waals surface area contributed by atoms with E-state index in [2.05, 4.69) is 110 Å². The number of allylic oxidation sites excluding steroid dienone is 1. The molecule has 15 unspecified atom stereocenters. The summed E-state index contributed by atoms with van der Waals surface area (Å²) in [7, 11) is 0. The third kappa shape index (κ3) is 20.8. The van der Waals surface area contributed by atoms with Gasteiger partial charge in [0.2, 0.25) is 11.8 Å². The van der Waals surface area contributed by atoms with E-state index in [4.69, 9.17) is 20.4 Å². The molecule has 9 bridgehead atoms. The highest BCUT2D eigenvalue weighted by Crippen LogP contribution is 2.38. The summed E-state index contributed by atoms with van der Waals surface area (Å²) < 4.78 is 6.03. The Balaban J connectivity index is 1.01. The number of carbonyl (C=O) groups excluding carboxylic acids is 10. The zero-order valence-corrected chi connectivity index (χ0v) is 67.9. The van der Waals surface area contributed by atoms with Gasteiger partial charge in [-0.15, -0.1) is 56.7 Å². The van der Waals surface area contributed by atoms with Crippen molar-refractivity contribution >= 4 is 133 Å². The number of Topliss-reactive ketones (excluding diaryl/α,β-unsaturated/α-hetero) is 1. The van der Waals surface area contributed by atoms with Crippen molar-refractivity contribution in [2.75, 3.05) is 19.6 Å². The number of nitrogens with zero attached hydrogens (tertiary/aromatic N) is 7. The van der Waals surface area contributed by atoms with Gasteiger partial charge in [0.25, 0.3) is 35.4 Å². The van der Waals surface area contributed by atoms with Crippen LogP contribution in [0.15, 0.2) is 105 Å². The normalized spacial score (nSPS) is 24.9. The molecule has 608 valence electrons. The van der Waals surface area contributed by atoms with Crippen LogP contribution in [0.1, 0.15) is 207 Å². The highest BCUT2D eigenvalue weighted by atomic mass is 32.1. The number of rotatable bonds is 13. The number of carbonyl (C=O) groups is 10. The minimum Gasteiger partial charge on any atom is -0.456 e. The van der Waals surface area contributed by atoms with Gasteiger partial charge in [0, 0.05) is 56.9 Å². The van der Waals surface area contributed by atoms with E-state index in [0.717, 1.165) is 45.3 Å². The lowest BCUT2D eigenvalue weighted by molar-refractivity contribution is -0.125. The van der Waals surface area contributed by atoms with Crippen LogP contribution in [-0.2, 0) is 34.2 Å². The Labute approximate surface area is 675 Å². The Kier molecular flexibility index (Phi) is 29.0. The zero-order chi connectivity index (χ0) is 83.5. The number of thiazole rings is 5. The van der Waals surface area contributed by atoms with E-state index in [0.29, 0.717) is 32.7 Å². The molecule has 0 fully saturated rings. The van der Waals surface area contributed by atoms with Crippen LogP contribution >= 0.6 is 56.7 Å². The number of amides is 8. The number of primary amides is 1. The van der Waals surface area contributed by atoms with E-state index in [1.165, 1.54) is 78.9 Å². The SMILES string of the molecule is C=C(NC(=O)C(=C)NC(=O)c1csc(C2=NCC3(CC2)NC(=C)C(C)NC(=O)C(=C)NCC(C)NC(=O)C(C(C)CC)NC2C=Cc4c(C(C)O)cc(nc4C2O)C(=O)OC(C)C(c2nccs2)NCC(=O)c2csc(n2)C(C(C)(O)C(C)O)NC(=O)c2csc(n2)/C(=C\C)NC(=O)C(C(C)O)NC(=O)c2csc3n2)n1)C(N)=O. The standard InChI is InChI=1S/C74H91N19O16S5/c1-15-31(3)53-65(105)80-32(4)24-77-36(8)60(100)81-33(5)34(6)93-74(20-19-46(79-30-74)68-89-49(27-112-68)62(102)83-37(9)61(101)82-35(7)59(75)99)72-90-51(29-114-72)63(103)91-54(39(11)95)66(106)86-44(16-2)67-88-50(28-111-67)64(104)92-58(73(14,108)41(13)96)70-87-48(26-113-70)52(97)25-78-55(69-76-21-22-110-69)40(12)109-71(107)47-23-43(38(10)94)42-17-18-45(84-53)57(98)56(42)85-47/h16-18,21-23,26-29,31-33,38-41,45,53-55,57-58,77-78,84,93-96,98,108H,6-9,15,19-20,24-25,30H2,1-5,10-14H3,(H2,75,99)(H,80,105)(H,81,100)(H,82,101)(H,83,102)(H,86,106)(H,91,103)(H,92,104)/b44-16+. The fourth-order valence-corrected chi connectivity index (χ4v) is 16.3. The molecule has 0 radical (unpaired) electrons. The average Bonchev–Trinajstić information content (AvgIpc) is 1.47. The van der Waals surface area contributed by atoms with Crippen LogP contribution in [0.25, 0.3) is 11.8 Å². The number of hydrogen-bond acceptors (Lipinski definition) is 32. The van der Waals surface area contributed by atoms with E-state index in [1.54, 1.807) is 45.2 Å². The molecule has 3 aliphatic rings. The number of aliphatic imine (C=N–C) groups is 1. The van der Waals surface area contributed by atoms with Crippen LogP contribution in [0.5, 0.6) is 0 Å². The molecule has 2 aliphatic heterocycles. The summed E-state index contributed by atoms with van der Waals surface area (Å²) in [6.45, 7) is 30.2. The molecule has 0 aromatic carbocycles. The molecule has 9 rings (SSSR count). The maximum Gasteiger partial charge on any atom is 0.357 e. The maximum absolute atomic E-state index is 14.4. The van der Waals surface area contributed by atoms with Crippen LogP contribution in [0.4, 0.5) is 0 Å². The molecule has 18 N–H and O–H groups in total. The predicted molar refractivity (Wildman–Crippen MR) is 427 cm³/mol. The van der Waals surface area contributed by atoms with Crippen LogP contribution in [0.2, 0.25) is 0 Å². The average molecular weight is 1660 g/mol. The van der Waals surface area contributed by atoms with Crippen LogP contribution in [0, 0.1) is 5.92 Å². The monoisotopic (exact) mass is 1660 g/mol. The number of nitrogens with one attached hydrogen (secondary N) is 11. The van der Waals surface area contributed by atoms with Gasteiger partial charge in [-0.25, -0.2) is 34.7 Å². The van der Waals surface area contributed by atoms with Gasteiger partial charge in [-0.1, -0.05) is 64.8 Å². The lowest BCUT2D eigenvalue weighted by Gasteiger charge is -2.37. The molecule has 6 aromatic rings. The quantitative estimate of drug-likeness (QED) is 0.0584. The van der Waals surface area contributed by atoms with Gasteiger partial charge in [-0.05, 0) is 85.8 Å². The molecule has 15 atom stereocenters. The molecule has 0 saturated heterocycles. The molecule has 8 amide bonds. The second-order valence-corrected chi connectivity index (χ2v) is 32.1. The van der Waals surface area contributed by atoms with Gasteiger partial charge in [-0.3, -0.25) is 58.8 Å². The van der Waals surface area contributed by atoms with Crippen molar-refractivity contribution in [1.29, 1.82) is 0 Å². The molecule has 1 spiro atoms. The first-order valence-electron chi connectivity index (χ1n) is 35.9. The van der Waals surface area contributed by atoms with Crippen LogP contribution < -0.4 is 64.2 Å². The van der Waals surface area contributed by atoms with E-state index < -0.39 is 161 Å². The van der Waals surface area contributed by atoms with Gasteiger partial charge in [0.15, 0.2) is 5.78 Å². The number of nitrogens with two attached hydrogens (primary N) is 1. The molecule has 8 heterocycles. The molecular formula is C74H91N19O16S5. The zero-order valence-electron chi connectivity index (χ0n) is 63.8. The minimum atomic E-state index is -2.12. The molecule has 1 aliphatic carbocycles. The van der Waals surface area contributed by atoms with Gasteiger partial charge < -0.3 is 83.9 Å². The molecular weight excluding hydrogens is 1570 g/mol. The summed E-state index contributed by atoms with van der Waals surface area (Å²) in [6, 6.07) is -6.05. The van der Waals surface area contributed by atoms with Crippen molar-refractivity contribution in [3.05, 3.63) is 171 Å². The summed E-state index contributed by atoms with van der Waals surface area (Å²) in [5.74, 6) is -8.39. The molecule has 114 heavy (non-hydrogen) atoms. The largest absolute Gasteiger partial charge is 0.456 e. The number of pyridine rings is 1. The first kappa shape index (κ1) is 87.6. The molecule has 0 saturated carbocycles. The number of aliphatic hydroxyl groups excluding tert-OH is 4. The van der Waals surface area contributed by atoms with E-state index in [9.17, 15) is 73.5 Å². The number of hydrogen-bond donors (Lipinski definition) is 17. The van der Waals surface area contributed by atoms with Gasteiger partial charge in [-0.2, -0.15) is 0 Å². The summed E-state index contributed by atoms with van der Waals surface area (Å²) >= 11 is 5.16. The van der Waals surface area contributed by atoms with Crippen LogP contribution in [-0.4, -0.2) is 194 Å². The van der Waals surface area contributed by atoms with E-state index in [1.807, 2.05) is 13.8 Å². The third-order valence-corrected chi connectivity index (χ3v) is 23.7. The van der Waals surface area contributed by atoms with Crippen molar-refractivity contribution in [1.82, 2.24) is 88.4 Å². The first-order chi connectivity index (χ1) is 53.8. The third-order valence-electron chi connectivity index (χ3n) is 19.1. The summed E-state index contributed by atoms with van der Waals surface area (Å²) in [5, 5.41) is 96.7. The van der Waals surface area contributed by atoms with Crippen molar-refractivity contribution in [2.24, 2.45) is 16.6 Å². The van der Waals surface area contributed by atoms with E-state index >= 15 is 0 Å². The predicted octanol–water partition coefficient (Wildman–Crippen LogP) is 2.94. The smallest absolute Gasteiger partial charge is 0.357 e. The van der Waals surface area contributed by atoms with Crippen molar-refractivity contribution < 1.29 is 78.2 Å². The van der Waals surface area contributed by atoms with Crippen molar-refractivity contribution in [3.8, 4) is 0 Å². The Bertz CT molecular complexity index is 4810. The number of ketones is 1. The minimum absolute atomic E-state index is 0.00617. The van der Waals surface area contributed by atoms with Gasteiger partial charge in [0.05, 0.1) is 89.8 Å². The Morgan fingerprint density at radius 1 is 0.807 bits per heavy atom. The van der Waals surface area contributed by atoms with Crippen molar-refractivity contribution in [3.63, 3.8) is 0 Å². The van der Waals surface area contributed by atoms with E-state index in [-0.39, 0.29) is 98.7 Å². The Morgan fingerprint density at radius 3 is 2.15 bits per heavy atom. The summed E-state index contributed by atoms with van der Waals surface area (Å²) in [4.78, 5) is 169. The molecule has 6 aromatic heterocycles. The number of aromatic nitrogens is 6. The topological polar surface area (TPSA) is 529 Å². The molecule has 40 heteroatoms. The Hall–Kier alpha value is -10.4. The first-order valence-corrected chi connectivity index (χ1v) is 40.3. The maximum atomic E-state index is 14.4. The number of aliphatic hydroxyl groups is 5. The van der Waals surface area contributed by atoms with Crippen molar-refractivity contribution in [2.45, 2.75) is 172 Å².